The van der Waals surface area contributed by atoms with Crippen molar-refractivity contribution in [2.75, 3.05) is 0 Å². The van der Waals surface area contributed by atoms with Gasteiger partial charge in [-0.2, -0.15) is 0 Å². The first kappa shape index (κ1) is 14.6. The largest absolute Gasteiger partial charge is 0.481 e. The number of carboxylic acids is 1. The number of benzene rings is 1. The van der Waals surface area contributed by atoms with Crippen LogP contribution in [-0.2, 0) is 11.2 Å². The minimum atomic E-state index is -1.19. The summed E-state index contributed by atoms with van der Waals surface area (Å²) in [7, 11) is 0. The van der Waals surface area contributed by atoms with Crippen molar-refractivity contribution in [1.29, 1.82) is 0 Å². The summed E-state index contributed by atoms with van der Waals surface area (Å²) in [4.78, 5) is 31.0. The lowest BCUT2D eigenvalue weighted by molar-refractivity contribution is -0.394. The molecule has 0 bridgehead atoms. The highest BCUT2D eigenvalue weighted by molar-refractivity contribution is 5.74. The van der Waals surface area contributed by atoms with Crippen molar-refractivity contribution in [3.63, 3.8) is 0 Å². The minimum Gasteiger partial charge on any atom is -0.481 e. The minimum absolute atomic E-state index is 0.0867. The van der Waals surface area contributed by atoms with Gasteiger partial charge >= 0.3 is 5.97 Å². The number of hydrogen-bond donors (Lipinski definition) is 1. The first-order valence-electron chi connectivity index (χ1n) is 5.30. The SMILES string of the molecule is CC(C)(Cc1ccc([N+](=O)[O-])cc1[N+](=O)[O-])C(=O)O. The number of rotatable bonds is 5. The second kappa shape index (κ2) is 5.01. The highest BCUT2D eigenvalue weighted by atomic mass is 16.6. The average molecular weight is 268 g/mol. The molecule has 0 fully saturated rings. The van der Waals surface area contributed by atoms with Crippen molar-refractivity contribution in [1.82, 2.24) is 0 Å². The van der Waals surface area contributed by atoms with Crippen LogP contribution >= 0.6 is 0 Å². The summed E-state index contributed by atoms with van der Waals surface area (Å²) in [6, 6.07) is 3.19. The summed E-state index contributed by atoms with van der Waals surface area (Å²) in [6.07, 6.45) is -0.0867. The monoisotopic (exact) mass is 268 g/mol. The van der Waals surface area contributed by atoms with Crippen LogP contribution < -0.4 is 0 Å². The number of nitro benzene ring substituents is 2. The van der Waals surface area contributed by atoms with Gasteiger partial charge in [0.1, 0.15) is 0 Å². The third-order valence-electron chi connectivity index (χ3n) is 2.69. The third-order valence-corrected chi connectivity index (χ3v) is 2.69. The van der Waals surface area contributed by atoms with E-state index in [2.05, 4.69) is 0 Å². The van der Waals surface area contributed by atoms with E-state index in [1.807, 2.05) is 0 Å². The molecule has 0 aliphatic carbocycles. The fourth-order valence-electron chi connectivity index (χ4n) is 1.54. The molecule has 0 atom stereocenters. The van der Waals surface area contributed by atoms with Gasteiger partial charge in [0.15, 0.2) is 0 Å². The highest BCUT2D eigenvalue weighted by Gasteiger charge is 2.31. The zero-order chi connectivity index (χ0) is 14.8. The Hall–Kier alpha value is -2.51. The fourth-order valence-corrected chi connectivity index (χ4v) is 1.54. The Morgan fingerprint density at radius 2 is 1.84 bits per heavy atom. The van der Waals surface area contributed by atoms with Gasteiger partial charge in [0.25, 0.3) is 11.4 Å². The lowest BCUT2D eigenvalue weighted by Gasteiger charge is -2.18. The van der Waals surface area contributed by atoms with E-state index in [-0.39, 0.29) is 12.0 Å². The number of aliphatic carboxylic acids is 1. The van der Waals surface area contributed by atoms with Crippen molar-refractivity contribution in [2.24, 2.45) is 5.41 Å². The molecule has 0 amide bonds. The van der Waals surface area contributed by atoms with Crippen LogP contribution in [0, 0.1) is 25.6 Å². The first-order chi connectivity index (χ1) is 8.65. The predicted molar refractivity (Wildman–Crippen MR) is 64.9 cm³/mol. The molecule has 19 heavy (non-hydrogen) atoms. The summed E-state index contributed by atoms with van der Waals surface area (Å²) in [5.41, 5.74) is -1.88. The van der Waals surface area contributed by atoms with Gasteiger partial charge in [0.2, 0.25) is 0 Å². The zero-order valence-electron chi connectivity index (χ0n) is 10.3. The van der Waals surface area contributed by atoms with Crippen LogP contribution in [0.25, 0.3) is 0 Å². The molecule has 1 aromatic rings. The van der Waals surface area contributed by atoms with E-state index < -0.39 is 32.6 Å². The molecule has 1 N–H and O–H groups in total. The van der Waals surface area contributed by atoms with E-state index in [0.717, 1.165) is 12.1 Å². The van der Waals surface area contributed by atoms with Crippen LogP contribution in [0.2, 0.25) is 0 Å². The predicted octanol–water partition coefficient (Wildman–Crippen LogP) is 2.16. The standard InChI is InChI=1S/C11H12N2O6/c1-11(2,10(14)15)6-7-3-4-8(12(16)17)5-9(7)13(18)19/h3-5H,6H2,1-2H3,(H,14,15). The van der Waals surface area contributed by atoms with E-state index in [1.54, 1.807) is 0 Å². The van der Waals surface area contributed by atoms with Gasteiger partial charge in [0.05, 0.1) is 21.3 Å². The molecule has 0 aromatic heterocycles. The van der Waals surface area contributed by atoms with Crippen LogP contribution in [0.1, 0.15) is 19.4 Å². The van der Waals surface area contributed by atoms with Crippen LogP contribution in [0.5, 0.6) is 0 Å². The van der Waals surface area contributed by atoms with Gasteiger partial charge in [-0.3, -0.25) is 25.0 Å². The van der Waals surface area contributed by atoms with E-state index in [1.165, 1.54) is 19.9 Å². The Kier molecular flexibility index (Phi) is 3.83. The van der Waals surface area contributed by atoms with Gasteiger partial charge in [-0.15, -0.1) is 0 Å². The van der Waals surface area contributed by atoms with Gasteiger partial charge in [0, 0.05) is 11.6 Å². The lowest BCUT2D eigenvalue weighted by atomic mass is 9.85. The smallest absolute Gasteiger partial charge is 0.309 e. The first-order valence-corrected chi connectivity index (χ1v) is 5.30. The number of nitro groups is 2. The molecule has 0 radical (unpaired) electrons. The second-order valence-electron chi connectivity index (χ2n) is 4.69. The molecular formula is C11H12N2O6. The second-order valence-corrected chi connectivity index (χ2v) is 4.69. The van der Waals surface area contributed by atoms with Crippen LogP contribution in [-0.4, -0.2) is 20.9 Å². The maximum atomic E-state index is 11.0. The number of carboxylic acid groups (broad SMARTS) is 1. The molecular weight excluding hydrogens is 256 g/mol. The maximum absolute atomic E-state index is 11.0. The van der Waals surface area contributed by atoms with E-state index in [0.29, 0.717) is 0 Å². The molecule has 0 unspecified atom stereocenters. The van der Waals surface area contributed by atoms with Crippen LogP contribution in [0.3, 0.4) is 0 Å². The zero-order valence-corrected chi connectivity index (χ0v) is 10.3. The Bertz CT molecular complexity index is 552. The van der Waals surface area contributed by atoms with Crippen LogP contribution in [0.15, 0.2) is 18.2 Å². The molecule has 1 rings (SSSR count). The number of nitrogens with zero attached hydrogens (tertiary/aromatic N) is 2. The summed E-state index contributed by atoms with van der Waals surface area (Å²) in [5, 5.41) is 30.5. The Morgan fingerprint density at radius 1 is 1.26 bits per heavy atom. The average Bonchev–Trinajstić information content (AvgIpc) is 2.28. The van der Waals surface area contributed by atoms with E-state index in [4.69, 9.17) is 5.11 Å². The molecule has 0 spiro atoms. The summed E-state index contributed by atoms with van der Waals surface area (Å²) >= 11 is 0. The molecule has 0 heterocycles. The Labute approximate surface area is 108 Å². The Morgan fingerprint density at radius 3 is 2.26 bits per heavy atom. The van der Waals surface area contributed by atoms with Crippen molar-refractivity contribution < 1.29 is 19.7 Å². The van der Waals surface area contributed by atoms with Gasteiger partial charge in [-0.05, 0) is 26.3 Å². The molecule has 0 aliphatic heterocycles. The number of hydrogen-bond acceptors (Lipinski definition) is 5. The summed E-state index contributed by atoms with van der Waals surface area (Å²) in [5.74, 6) is -1.10. The van der Waals surface area contributed by atoms with Gasteiger partial charge < -0.3 is 5.11 Å². The van der Waals surface area contributed by atoms with E-state index >= 15 is 0 Å². The van der Waals surface area contributed by atoms with E-state index in [9.17, 15) is 25.0 Å². The third kappa shape index (κ3) is 3.24. The molecule has 102 valence electrons. The Balaban J connectivity index is 3.25. The fraction of sp³-hybridized carbons (Fsp3) is 0.364. The van der Waals surface area contributed by atoms with Crippen LogP contribution in [0.4, 0.5) is 11.4 Å². The number of non-ortho nitro benzene ring substituents is 1. The molecule has 0 saturated carbocycles. The maximum Gasteiger partial charge on any atom is 0.309 e. The summed E-state index contributed by atoms with van der Waals surface area (Å²) in [6.45, 7) is 2.86. The van der Waals surface area contributed by atoms with Crippen molar-refractivity contribution in [3.8, 4) is 0 Å². The molecule has 0 saturated heterocycles. The normalized spacial score (nSPS) is 11.1. The molecule has 0 aliphatic rings. The summed E-state index contributed by atoms with van der Waals surface area (Å²) < 4.78 is 0. The van der Waals surface area contributed by atoms with Crippen molar-refractivity contribution >= 4 is 17.3 Å². The topological polar surface area (TPSA) is 124 Å². The molecule has 8 heteroatoms. The molecule has 1 aromatic carbocycles. The quantitative estimate of drug-likeness (QED) is 0.644. The van der Waals surface area contributed by atoms with Gasteiger partial charge in [-0.25, -0.2) is 0 Å². The lowest BCUT2D eigenvalue weighted by Crippen LogP contribution is -2.26. The van der Waals surface area contributed by atoms with Crippen molar-refractivity contribution in [3.05, 3.63) is 44.0 Å². The van der Waals surface area contributed by atoms with Gasteiger partial charge in [-0.1, -0.05) is 0 Å². The van der Waals surface area contributed by atoms with Crippen molar-refractivity contribution in [2.45, 2.75) is 20.3 Å². The highest BCUT2D eigenvalue weighted by Crippen LogP contribution is 2.30. The number of carbonyl (C=O) groups is 1. The molecule has 8 nitrogen and oxygen atoms in total.